The van der Waals surface area contributed by atoms with Gasteiger partial charge in [-0.25, -0.2) is 0 Å². The minimum atomic E-state index is -0.990. The largest absolute Gasteiger partial charge is 0.507 e. The highest BCUT2D eigenvalue weighted by Crippen LogP contribution is 2.44. The second kappa shape index (κ2) is 9.94. The number of rotatable bonds is 6. The van der Waals surface area contributed by atoms with Crippen LogP contribution in [0.3, 0.4) is 0 Å². The number of carbonyl (C=O) groups excluding carboxylic acids is 2. The number of ketones is 1. The molecule has 2 aromatic carbocycles. The fourth-order valence-electron chi connectivity index (χ4n) is 4.55. The standard InChI is InChI=1S/C27H20ClN3O5S2/c1-14-11-17-12-16(6-9-19(17)36-14)23(32)21-22(20-3-2-10-35-20)31(25(34)24(21)33)26-29-30-27(38-26)37-13-15-4-7-18(28)8-5-15/h2-10,12,14,22,32H,11,13H2,1H3/b23-21+. The van der Waals surface area contributed by atoms with Crippen molar-refractivity contribution in [2.24, 2.45) is 0 Å². The second-order valence-corrected chi connectivity index (χ2v) is 11.5. The Morgan fingerprint density at radius 3 is 2.76 bits per heavy atom. The summed E-state index contributed by atoms with van der Waals surface area (Å²) in [6.07, 6.45) is 2.17. The number of aliphatic hydroxyl groups is 1. The van der Waals surface area contributed by atoms with Gasteiger partial charge in [0, 0.05) is 22.8 Å². The minimum absolute atomic E-state index is 0.0280. The maximum absolute atomic E-state index is 13.3. The molecular weight excluding hydrogens is 546 g/mol. The second-order valence-electron chi connectivity index (χ2n) is 8.91. The molecule has 38 heavy (non-hydrogen) atoms. The molecule has 8 nitrogen and oxygen atoms in total. The molecule has 0 aliphatic carbocycles. The number of carbonyl (C=O) groups is 2. The van der Waals surface area contributed by atoms with Gasteiger partial charge in [-0.3, -0.25) is 14.5 Å². The molecule has 1 fully saturated rings. The smallest absolute Gasteiger partial charge is 0.302 e. The number of aromatic nitrogens is 2. The number of benzene rings is 2. The molecule has 2 aromatic heterocycles. The normalized spacial score (nSPS) is 20.1. The monoisotopic (exact) mass is 565 g/mol. The van der Waals surface area contributed by atoms with Crippen LogP contribution >= 0.6 is 34.7 Å². The van der Waals surface area contributed by atoms with E-state index in [-0.39, 0.29) is 22.6 Å². The van der Waals surface area contributed by atoms with Crippen LogP contribution in [-0.2, 0) is 21.8 Å². The van der Waals surface area contributed by atoms with Crippen molar-refractivity contribution in [1.29, 1.82) is 0 Å². The number of hydrogen-bond donors (Lipinski definition) is 1. The first-order valence-corrected chi connectivity index (χ1v) is 13.9. The van der Waals surface area contributed by atoms with Gasteiger partial charge in [0.15, 0.2) is 4.34 Å². The van der Waals surface area contributed by atoms with Crippen LogP contribution in [0.25, 0.3) is 5.76 Å². The molecule has 2 aliphatic heterocycles. The van der Waals surface area contributed by atoms with Gasteiger partial charge in [0.1, 0.15) is 29.4 Å². The molecule has 4 heterocycles. The van der Waals surface area contributed by atoms with Crippen molar-refractivity contribution in [3.8, 4) is 5.75 Å². The van der Waals surface area contributed by atoms with Crippen molar-refractivity contribution in [2.75, 3.05) is 4.90 Å². The molecule has 192 valence electrons. The lowest BCUT2D eigenvalue weighted by Crippen LogP contribution is -2.29. The number of nitrogens with zero attached hydrogens (tertiary/aromatic N) is 3. The highest BCUT2D eigenvalue weighted by Gasteiger charge is 2.49. The summed E-state index contributed by atoms with van der Waals surface area (Å²) in [5.74, 6) is -0.205. The molecular formula is C27H20ClN3O5S2. The van der Waals surface area contributed by atoms with Gasteiger partial charge in [0.25, 0.3) is 5.78 Å². The summed E-state index contributed by atoms with van der Waals surface area (Å²) in [5, 5.41) is 20.7. The van der Waals surface area contributed by atoms with Crippen molar-refractivity contribution in [3.63, 3.8) is 0 Å². The van der Waals surface area contributed by atoms with Crippen molar-refractivity contribution in [3.05, 3.63) is 93.9 Å². The van der Waals surface area contributed by atoms with Gasteiger partial charge in [0.05, 0.1) is 11.8 Å². The Hall–Kier alpha value is -3.60. The molecule has 0 spiro atoms. The third-order valence-electron chi connectivity index (χ3n) is 6.30. The van der Waals surface area contributed by atoms with Gasteiger partial charge in [-0.1, -0.05) is 46.8 Å². The van der Waals surface area contributed by atoms with E-state index in [0.717, 1.165) is 16.9 Å². The molecule has 2 aliphatic rings. The molecule has 1 saturated heterocycles. The number of thioether (sulfide) groups is 1. The first-order chi connectivity index (χ1) is 18.4. The Labute approximate surface area is 230 Å². The number of ether oxygens (including phenoxy) is 1. The molecule has 4 aromatic rings. The van der Waals surface area contributed by atoms with Gasteiger partial charge in [0.2, 0.25) is 5.13 Å². The number of amides is 1. The highest BCUT2D eigenvalue weighted by atomic mass is 35.5. The molecule has 2 unspecified atom stereocenters. The molecule has 6 rings (SSSR count). The number of hydrogen-bond acceptors (Lipinski definition) is 9. The van der Waals surface area contributed by atoms with Crippen LogP contribution in [0.15, 0.2) is 75.2 Å². The number of furan rings is 1. The quantitative estimate of drug-likeness (QED) is 0.0993. The minimum Gasteiger partial charge on any atom is -0.507 e. The van der Waals surface area contributed by atoms with Gasteiger partial charge in [-0.15, -0.1) is 10.2 Å². The maximum atomic E-state index is 13.3. The van der Waals surface area contributed by atoms with E-state index in [1.54, 1.807) is 30.3 Å². The highest BCUT2D eigenvalue weighted by molar-refractivity contribution is 8.00. The Balaban J connectivity index is 1.35. The maximum Gasteiger partial charge on any atom is 0.302 e. The molecule has 0 saturated carbocycles. The summed E-state index contributed by atoms with van der Waals surface area (Å²) in [7, 11) is 0. The fourth-order valence-corrected chi connectivity index (χ4v) is 6.50. The van der Waals surface area contributed by atoms with E-state index in [0.29, 0.717) is 32.9 Å². The van der Waals surface area contributed by atoms with Crippen molar-refractivity contribution in [1.82, 2.24) is 10.2 Å². The number of anilines is 1. The lowest BCUT2D eigenvalue weighted by atomic mass is 9.97. The van der Waals surface area contributed by atoms with Crippen molar-refractivity contribution in [2.45, 2.75) is 35.6 Å². The number of fused-ring (bicyclic) bond motifs is 1. The Morgan fingerprint density at radius 1 is 1.18 bits per heavy atom. The number of halogens is 1. The van der Waals surface area contributed by atoms with E-state index >= 15 is 0 Å². The zero-order valence-electron chi connectivity index (χ0n) is 20.0. The number of aliphatic hydroxyl groups excluding tert-OH is 1. The van der Waals surface area contributed by atoms with Crippen molar-refractivity contribution >= 4 is 57.3 Å². The molecule has 1 N–H and O–H groups in total. The number of Topliss-reactive ketones (excluding diaryl/α,β-unsaturated/α-hetero) is 1. The van der Waals surface area contributed by atoms with Gasteiger partial charge >= 0.3 is 5.91 Å². The molecule has 0 radical (unpaired) electrons. The predicted octanol–water partition coefficient (Wildman–Crippen LogP) is 6.03. The molecule has 1 amide bonds. The van der Waals surface area contributed by atoms with E-state index < -0.39 is 17.7 Å². The average molecular weight is 566 g/mol. The van der Waals surface area contributed by atoms with Gasteiger partial charge in [-0.05, 0) is 60.5 Å². The van der Waals surface area contributed by atoms with Gasteiger partial charge in [-0.2, -0.15) is 0 Å². The fraction of sp³-hybridized carbons (Fsp3) is 0.185. The Kier molecular flexibility index (Phi) is 6.46. The van der Waals surface area contributed by atoms with E-state index in [9.17, 15) is 14.7 Å². The lowest BCUT2D eigenvalue weighted by Gasteiger charge is -2.20. The van der Waals surface area contributed by atoms with Crippen LogP contribution in [0.5, 0.6) is 5.75 Å². The Morgan fingerprint density at radius 2 is 2.00 bits per heavy atom. The summed E-state index contributed by atoms with van der Waals surface area (Å²) >= 11 is 8.61. The van der Waals surface area contributed by atoms with E-state index in [2.05, 4.69) is 10.2 Å². The zero-order valence-corrected chi connectivity index (χ0v) is 22.3. The molecule has 0 bridgehead atoms. The van der Waals surface area contributed by atoms with E-state index in [1.165, 1.54) is 34.3 Å². The zero-order chi connectivity index (χ0) is 26.4. The van der Waals surface area contributed by atoms with Crippen LogP contribution in [0.2, 0.25) is 5.02 Å². The first kappa shape index (κ1) is 24.7. The first-order valence-electron chi connectivity index (χ1n) is 11.7. The Bertz CT molecular complexity index is 1570. The van der Waals surface area contributed by atoms with Gasteiger partial charge < -0.3 is 14.3 Å². The third kappa shape index (κ3) is 4.48. The van der Waals surface area contributed by atoms with E-state index in [4.69, 9.17) is 20.8 Å². The van der Waals surface area contributed by atoms with Crippen LogP contribution in [0.1, 0.15) is 35.4 Å². The van der Waals surface area contributed by atoms with Crippen molar-refractivity contribution < 1.29 is 23.8 Å². The van der Waals surface area contributed by atoms with E-state index in [1.807, 2.05) is 31.2 Å². The SMILES string of the molecule is CC1Cc2cc(/C(O)=C3\C(=O)C(=O)N(c4nnc(SCc5ccc(Cl)cc5)s4)C3c3ccco3)ccc2O1. The summed E-state index contributed by atoms with van der Waals surface area (Å²) in [4.78, 5) is 27.8. The summed E-state index contributed by atoms with van der Waals surface area (Å²) < 4.78 is 12.0. The molecule has 11 heteroatoms. The van der Waals surface area contributed by atoms with Crippen LogP contribution < -0.4 is 9.64 Å². The summed E-state index contributed by atoms with van der Waals surface area (Å²) in [6.45, 7) is 1.96. The summed E-state index contributed by atoms with van der Waals surface area (Å²) in [6, 6.07) is 15.1. The average Bonchev–Trinajstić information content (AvgIpc) is 3.70. The van der Waals surface area contributed by atoms with Crippen LogP contribution in [-0.4, -0.2) is 33.1 Å². The third-order valence-corrected chi connectivity index (χ3v) is 8.68. The topological polar surface area (TPSA) is 106 Å². The predicted molar refractivity (Wildman–Crippen MR) is 145 cm³/mol. The van der Waals surface area contributed by atoms with Crippen LogP contribution in [0, 0.1) is 0 Å². The lowest BCUT2D eigenvalue weighted by molar-refractivity contribution is -0.132. The summed E-state index contributed by atoms with van der Waals surface area (Å²) in [5.41, 5.74) is 2.34. The molecule has 2 atom stereocenters. The van der Waals surface area contributed by atoms with Crippen LogP contribution in [0.4, 0.5) is 5.13 Å².